The summed E-state index contributed by atoms with van der Waals surface area (Å²) in [5.41, 5.74) is 1.00. The first-order chi connectivity index (χ1) is 11.0. The largest absolute Gasteiger partial charge is 0.298 e. The van der Waals surface area contributed by atoms with E-state index in [-0.39, 0.29) is 12.8 Å². The number of halogens is 3. The van der Waals surface area contributed by atoms with Gasteiger partial charge in [0.15, 0.2) is 0 Å². The van der Waals surface area contributed by atoms with Crippen molar-refractivity contribution in [1.82, 2.24) is 14.7 Å². The highest BCUT2D eigenvalue weighted by Gasteiger charge is 2.39. The van der Waals surface area contributed by atoms with E-state index in [0.29, 0.717) is 24.9 Å². The van der Waals surface area contributed by atoms with Gasteiger partial charge in [-0.1, -0.05) is 15.9 Å². The van der Waals surface area contributed by atoms with Gasteiger partial charge in [0, 0.05) is 48.0 Å². The number of aromatic nitrogens is 2. The normalized spacial score (nSPS) is 26.1. The van der Waals surface area contributed by atoms with Crippen LogP contribution in [0.15, 0.2) is 28.9 Å². The number of hydrogen-bond donors (Lipinski definition) is 0. The van der Waals surface area contributed by atoms with E-state index < -0.39 is 5.92 Å². The van der Waals surface area contributed by atoms with Gasteiger partial charge in [0.05, 0.1) is 11.6 Å². The fraction of sp³-hybridized carbons (Fsp3) is 0.588. The van der Waals surface area contributed by atoms with Crippen LogP contribution in [0.2, 0.25) is 0 Å². The molecule has 1 saturated carbocycles. The summed E-state index contributed by atoms with van der Waals surface area (Å²) >= 11 is 3.49. The van der Waals surface area contributed by atoms with Crippen molar-refractivity contribution >= 4 is 26.8 Å². The van der Waals surface area contributed by atoms with Crippen molar-refractivity contribution in [1.29, 1.82) is 0 Å². The molecule has 6 heteroatoms. The summed E-state index contributed by atoms with van der Waals surface area (Å²) < 4.78 is 29.8. The Hall–Kier alpha value is -1.01. The van der Waals surface area contributed by atoms with Crippen molar-refractivity contribution in [3.05, 3.63) is 28.9 Å². The first-order valence-corrected chi connectivity index (χ1v) is 9.06. The van der Waals surface area contributed by atoms with Crippen LogP contribution in [0.1, 0.15) is 38.1 Å². The van der Waals surface area contributed by atoms with Crippen molar-refractivity contribution in [2.24, 2.45) is 0 Å². The Labute approximate surface area is 142 Å². The lowest BCUT2D eigenvalue weighted by atomic mass is 9.91. The highest BCUT2D eigenvalue weighted by Crippen LogP contribution is 2.37. The molecule has 0 spiro atoms. The molecule has 4 rings (SSSR count). The van der Waals surface area contributed by atoms with Gasteiger partial charge in [0.1, 0.15) is 0 Å². The summed E-state index contributed by atoms with van der Waals surface area (Å²) in [6.07, 6.45) is 4.46. The lowest BCUT2D eigenvalue weighted by Gasteiger charge is -2.34. The highest BCUT2D eigenvalue weighted by molar-refractivity contribution is 9.10. The molecule has 124 valence electrons. The Morgan fingerprint density at radius 2 is 1.91 bits per heavy atom. The van der Waals surface area contributed by atoms with E-state index in [0.717, 1.165) is 34.9 Å². The van der Waals surface area contributed by atoms with Crippen LogP contribution in [0.4, 0.5) is 8.78 Å². The van der Waals surface area contributed by atoms with Gasteiger partial charge in [-0.25, -0.2) is 8.78 Å². The molecule has 1 aromatic carbocycles. The molecular weight excluding hydrogens is 364 g/mol. The van der Waals surface area contributed by atoms with Gasteiger partial charge in [-0.15, -0.1) is 0 Å². The van der Waals surface area contributed by atoms with Crippen molar-refractivity contribution in [2.75, 3.05) is 13.1 Å². The second-order valence-corrected chi connectivity index (χ2v) is 7.75. The Bertz CT molecular complexity index is 705. The van der Waals surface area contributed by atoms with Crippen LogP contribution in [0.25, 0.3) is 10.9 Å². The molecule has 1 aliphatic heterocycles. The van der Waals surface area contributed by atoms with Gasteiger partial charge in [0.25, 0.3) is 0 Å². The smallest absolute Gasteiger partial charge is 0.248 e. The fourth-order valence-corrected chi connectivity index (χ4v) is 4.29. The van der Waals surface area contributed by atoms with Crippen LogP contribution in [-0.4, -0.2) is 39.7 Å². The van der Waals surface area contributed by atoms with E-state index >= 15 is 0 Å². The summed E-state index contributed by atoms with van der Waals surface area (Å²) in [5, 5.41) is 5.82. The molecule has 2 aliphatic rings. The third-order valence-electron chi connectivity index (χ3n) is 5.26. The zero-order valence-corrected chi connectivity index (χ0v) is 14.5. The zero-order chi connectivity index (χ0) is 16.0. The molecule has 1 aromatic heterocycles. The quantitative estimate of drug-likeness (QED) is 0.753. The molecular formula is C17H20BrF2N3. The van der Waals surface area contributed by atoms with E-state index in [2.05, 4.69) is 42.9 Å². The molecule has 2 heterocycles. The Balaban J connectivity index is 1.45. The van der Waals surface area contributed by atoms with Crippen molar-refractivity contribution in [2.45, 2.75) is 50.1 Å². The Kier molecular flexibility index (Phi) is 3.92. The summed E-state index contributed by atoms with van der Waals surface area (Å²) in [4.78, 5) is 2.39. The van der Waals surface area contributed by atoms with Crippen LogP contribution in [0, 0.1) is 0 Å². The van der Waals surface area contributed by atoms with E-state index in [9.17, 15) is 8.78 Å². The average molecular weight is 384 g/mol. The van der Waals surface area contributed by atoms with E-state index in [4.69, 9.17) is 0 Å². The standard InChI is InChI=1S/C17H20BrF2N3/c18-13-1-2-16-12(9-13)10-23(21-16)15-5-8-22(11-15)14-3-6-17(19,20)7-4-14/h1-2,9-10,14-15H,3-8,11H2. The SMILES string of the molecule is FC1(F)CCC(N2CCC(n3cc4cc(Br)ccc4n3)C2)CC1. The van der Waals surface area contributed by atoms with E-state index in [1.54, 1.807) is 0 Å². The van der Waals surface area contributed by atoms with Crippen LogP contribution < -0.4 is 0 Å². The molecule has 1 saturated heterocycles. The minimum absolute atomic E-state index is 0.0402. The summed E-state index contributed by atoms with van der Waals surface area (Å²) in [6, 6.07) is 6.77. The molecule has 1 aliphatic carbocycles. The third-order valence-corrected chi connectivity index (χ3v) is 5.75. The fourth-order valence-electron chi connectivity index (χ4n) is 3.91. The van der Waals surface area contributed by atoms with Gasteiger partial charge >= 0.3 is 0 Å². The number of benzene rings is 1. The molecule has 1 unspecified atom stereocenters. The summed E-state index contributed by atoms with van der Waals surface area (Å²) in [7, 11) is 0. The molecule has 1 atom stereocenters. The molecule has 2 aromatic rings. The topological polar surface area (TPSA) is 21.1 Å². The monoisotopic (exact) mass is 383 g/mol. The Morgan fingerprint density at radius 3 is 2.70 bits per heavy atom. The maximum Gasteiger partial charge on any atom is 0.248 e. The van der Waals surface area contributed by atoms with Crippen molar-refractivity contribution < 1.29 is 8.78 Å². The number of hydrogen-bond acceptors (Lipinski definition) is 2. The number of rotatable bonds is 2. The van der Waals surface area contributed by atoms with Gasteiger partial charge in [-0.3, -0.25) is 9.58 Å². The lowest BCUT2D eigenvalue weighted by Crippen LogP contribution is -2.39. The summed E-state index contributed by atoms with van der Waals surface area (Å²) in [6.45, 7) is 1.91. The maximum atomic E-state index is 13.3. The highest BCUT2D eigenvalue weighted by atomic mass is 79.9. The first-order valence-electron chi connectivity index (χ1n) is 8.26. The molecule has 2 fully saturated rings. The Morgan fingerprint density at radius 1 is 1.13 bits per heavy atom. The van der Waals surface area contributed by atoms with E-state index in [1.165, 1.54) is 0 Å². The molecule has 0 bridgehead atoms. The number of fused-ring (bicyclic) bond motifs is 1. The van der Waals surface area contributed by atoms with Gasteiger partial charge in [-0.05, 0) is 37.5 Å². The molecule has 23 heavy (non-hydrogen) atoms. The van der Waals surface area contributed by atoms with Crippen LogP contribution in [0.5, 0.6) is 0 Å². The van der Waals surface area contributed by atoms with Gasteiger partial charge in [0.2, 0.25) is 5.92 Å². The van der Waals surface area contributed by atoms with Gasteiger partial charge < -0.3 is 0 Å². The third kappa shape index (κ3) is 3.15. The van der Waals surface area contributed by atoms with Gasteiger partial charge in [-0.2, -0.15) is 5.10 Å². The molecule has 0 N–H and O–H groups in total. The van der Waals surface area contributed by atoms with Crippen molar-refractivity contribution in [3.8, 4) is 0 Å². The predicted octanol–water partition coefficient (Wildman–Crippen LogP) is 4.62. The minimum Gasteiger partial charge on any atom is -0.298 e. The lowest BCUT2D eigenvalue weighted by molar-refractivity contribution is -0.0518. The minimum atomic E-state index is -2.44. The number of likely N-dealkylation sites (tertiary alicyclic amines) is 1. The number of nitrogens with zero attached hydrogens (tertiary/aromatic N) is 3. The van der Waals surface area contributed by atoms with Crippen LogP contribution in [-0.2, 0) is 0 Å². The maximum absolute atomic E-state index is 13.3. The molecule has 0 radical (unpaired) electrons. The first kappa shape index (κ1) is 15.5. The predicted molar refractivity (Wildman–Crippen MR) is 89.9 cm³/mol. The zero-order valence-electron chi connectivity index (χ0n) is 12.9. The van der Waals surface area contributed by atoms with Crippen molar-refractivity contribution in [3.63, 3.8) is 0 Å². The average Bonchev–Trinajstić information content (AvgIpc) is 3.12. The van der Waals surface area contributed by atoms with E-state index in [1.807, 2.05) is 12.1 Å². The molecule has 0 amide bonds. The second kappa shape index (κ2) is 5.81. The molecule has 3 nitrogen and oxygen atoms in total. The number of alkyl halides is 2. The van der Waals surface area contributed by atoms with Crippen LogP contribution >= 0.6 is 15.9 Å². The summed E-state index contributed by atoms with van der Waals surface area (Å²) in [5.74, 6) is -2.44. The second-order valence-electron chi connectivity index (χ2n) is 6.84. The van der Waals surface area contributed by atoms with Crippen LogP contribution in [0.3, 0.4) is 0 Å².